The summed E-state index contributed by atoms with van der Waals surface area (Å²) in [5, 5.41) is 6.13. The molecule has 122 valence electrons. The van der Waals surface area contributed by atoms with Crippen LogP contribution in [0.2, 0.25) is 0 Å². The molecule has 0 aromatic heterocycles. The Morgan fingerprint density at radius 2 is 2.23 bits per heavy atom. The summed E-state index contributed by atoms with van der Waals surface area (Å²) in [5.74, 6) is 0.566. The minimum Gasteiger partial charge on any atom is -0.484 e. The van der Waals surface area contributed by atoms with E-state index in [0.29, 0.717) is 23.8 Å². The number of ether oxygens (including phenoxy) is 1. The van der Waals surface area contributed by atoms with Gasteiger partial charge in [0.25, 0.3) is 5.91 Å². The Labute approximate surface area is 136 Å². The van der Waals surface area contributed by atoms with Crippen molar-refractivity contribution in [1.82, 2.24) is 5.32 Å². The molecule has 2 rings (SSSR count). The molecule has 1 aromatic rings. The Kier molecular flexibility index (Phi) is 7.70. The van der Waals surface area contributed by atoms with Crippen molar-refractivity contribution in [3.63, 3.8) is 0 Å². The van der Waals surface area contributed by atoms with Gasteiger partial charge in [-0.3, -0.25) is 9.59 Å². The third-order valence-corrected chi connectivity index (χ3v) is 3.44. The first kappa shape index (κ1) is 18.3. The van der Waals surface area contributed by atoms with Gasteiger partial charge in [-0.15, -0.1) is 12.4 Å². The van der Waals surface area contributed by atoms with Crippen molar-refractivity contribution in [2.24, 2.45) is 11.7 Å². The summed E-state index contributed by atoms with van der Waals surface area (Å²) in [7, 11) is 0. The number of nitrogens with one attached hydrogen (secondary N) is 2. The normalized spacial score (nSPS) is 16.6. The second kappa shape index (κ2) is 9.27. The van der Waals surface area contributed by atoms with Gasteiger partial charge in [0.1, 0.15) is 5.75 Å². The quantitative estimate of drug-likeness (QED) is 0.703. The Balaban J connectivity index is 0.00000242. The minimum atomic E-state index is -0.533. The van der Waals surface area contributed by atoms with E-state index < -0.39 is 5.91 Å². The molecule has 0 bridgehead atoms. The number of anilines is 1. The summed E-state index contributed by atoms with van der Waals surface area (Å²) in [5.41, 5.74) is 5.68. The molecular formula is C15H22ClN3O3. The number of halogens is 1. The van der Waals surface area contributed by atoms with E-state index in [4.69, 9.17) is 10.5 Å². The van der Waals surface area contributed by atoms with Crippen molar-refractivity contribution >= 4 is 29.9 Å². The lowest BCUT2D eigenvalue weighted by atomic mass is 10.0. The predicted molar refractivity (Wildman–Crippen MR) is 87.2 cm³/mol. The maximum Gasteiger partial charge on any atom is 0.255 e. The number of amides is 2. The van der Waals surface area contributed by atoms with Crippen LogP contribution in [0.3, 0.4) is 0 Å². The van der Waals surface area contributed by atoms with E-state index in [1.165, 1.54) is 0 Å². The van der Waals surface area contributed by atoms with Crippen LogP contribution < -0.4 is 21.1 Å². The van der Waals surface area contributed by atoms with Crippen LogP contribution >= 0.6 is 12.4 Å². The SMILES string of the molecule is Cl.NC(=O)COc1cccc(NC(=O)CCC2CCNC2)c1. The highest BCUT2D eigenvalue weighted by Gasteiger charge is 2.15. The molecule has 22 heavy (non-hydrogen) atoms. The molecule has 1 atom stereocenters. The largest absolute Gasteiger partial charge is 0.484 e. The van der Waals surface area contributed by atoms with Gasteiger partial charge in [0, 0.05) is 18.2 Å². The van der Waals surface area contributed by atoms with Crippen LogP contribution in [0, 0.1) is 5.92 Å². The Morgan fingerprint density at radius 1 is 1.41 bits per heavy atom. The summed E-state index contributed by atoms with van der Waals surface area (Å²) in [4.78, 5) is 22.6. The molecule has 7 heteroatoms. The van der Waals surface area contributed by atoms with Gasteiger partial charge in [-0.05, 0) is 44.0 Å². The molecule has 0 aliphatic carbocycles. The van der Waals surface area contributed by atoms with Crippen molar-refractivity contribution in [2.75, 3.05) is 25.0 Å². The van der Waals surface area contributed by atoms with Gasteiger partial charge in [0.15, 0.2) is 6.61 Å². The van der Waals surface area contributed by atoms with Crippen LogP contribution in [0.5, 0.6) is 5.75 Å². The Hall–Kier alpha value is -1.79. The van der Waals surface area contributed by atoms with Crippen LogP contribution in [0.4, 0.5) is 5.69 Å². The second-order valence-corrected chi connectivity index (χ2v) is 5.23. The molecule has 1 fully saturated rings. The lowest BCUT2D eigenvalue weighted by Crippen LogP contribution is -2.20. The summed E-state index contributed by atoms with van der Waals surface area (Å²) in [6.07, 6.45) is 2.55. The standard InChI is InChI=1S/C15H21N3O3.ClH/c16-14(19)10-21-13-3-1-2-12(8-13)18-15(20)5-4-11-6-7-17-9-11;/h1-3,8,11,17H,4-7,9-10H2,(H2,16,19)(H,18,20);1H. The van der Waals surface area contributed by atoms with Crippen LogP contribution in [0.1, 0.15) is 19.3 Å². The molecule has 4 N–H and O–H groups in total. The number of hydrogen-bond acceptors (Lipinski definition) is 4. The van der Waals surface area contributed by atoms with Gasteiger partial charge in [-0.1, -0.05) is 6.07 Å². The van der Waals surface area contributed by atoms with E-state index in [1.54, 1.807) is 24.3 Å². The molecule has 2 amide bonds. The van der Waals surface area contributed by atoms with Crippen molar-refractivity contribution in [1.29, 1.82) is 0 Å². The summed E-state index contributed by atoms with van der Waals surface area (Å²) < 4.78 is 5.20. The van der Waals surface area contributed by atoms with E-state index in [2.05, 4.69) is 10.6 Å². The van der Waals surface area contributed by atoms with Crippen LogP contribution in [-0.2, 0) is 9.59 Å². The first-order valence-corrected chi connectivity index (χ1v) is 7.15. The summed E-state index contributed by atoms with van der Waals surface area (Å²) in [6, 6.07) is 6.93. The van der Waals surface area contributed by atoms with E-state index >= 15 is 0 Å². The second-order valence-electron chi connectivity index (χ2n) is 5.23. The summed E-state index contributed by atoms with van der Waals surface area (Å²) in [6.45, 7) is 1.88. The monoisotopic (exact) mass is 327 g/mol. The lowest BCUT2D eigenvalue weighted by molar-refractivity contribution is -0.120. The molecule has 1 aliphatic rings. The average molecular weight is 328 g/mol. The summed E-state index contributed by atoms with van der Waals surface area (Å²) >= 11 is 0. The molecule has 6 nitrogen and oxygen atoms in total. The third kappa shape index (κ3) is 6.32. The van der Waals surface area contributed by atoms with Gasteiger partial charge < -0.3 is 21.1 Å². The number of nitrogens with two attached hydrogens (primary N) is 1. The topological polar surface area (TPSA) is 93.5 Å². The van der Waals surface area contributed by atoms with Crippen LogP contribution in [-0.4, -0.2) is 31.5 Å². The first-order valence-electron chi connectivity index (χ1n) is 7.15. The maximum atomic E-state index is 11.9. The number of carbonyl (C=O) groups is 2. The van der Waals surface area contributed by atoms with Gasteiger partial charge in [0.2, 0.25) is 5.91 Å². The fourth-order valence-corrected chi connectivity index (χ4v) is 2.34. The number of benzene rings is 1. The molecule has 1 aromatic carbocycles. The zero-order valence-corrected chi connectivity index (χ0v) is 13.2. The van der Waals surface area contributed by atoms with Crippen LogP contribution in [0.25, 0.3) is 0 Å². The van der Waals surface area contributed by atoms with Gasteiger partial charge in [-0.2, -0.15) is 0 Å². The molecule has 0 saturated carbocycles. The highest BCUT2D eigenvalue weighted by molar-refractivity contribution is 5.90. The van der Waals surface area contributed by atoms with Crippen molar-refractivity contribution in [2.45, 2.75) is 19.3 Å². The molecule has 1 aliphatic heterocycles. The lowest BCUT2D eigenvalue weighted by Gasteiger charge is -2.10. The highest BCUT2D eigenvalue weighted by Crippen LogP contribution is 2.19. The Bertz CT molecular complexity index is 505. The smallest absolute Gasteiger partial charge is 0.255 e. The van der Waals surface area contributed by atoms with E-state index in [-0.39, 0.29) is 24.9 Å². The van der Waals surface area contributed by atoms with Crippen molar-refractivity contribution in [3.05, 3.63) is 24.3 Å². The average Bonchev–Trinajstić information content (AvgIpc) is 2.97. The minimum absolute atomic E-state index is 0. The van der Waals surface area contributed by atoms with Gasteiger partial charge in [0.05, 0.1) is 0 Å². The van der Waals surface area contributed by atoms with Crippen molar-refractivity contribution in [3.8, 4) is 5.75 Å². The molecule has 0 radical (unpaired) electrons. The van der Waals surface area contributed by atoms with Crippen LogP contribution in [0.15, 0.2) is 24.3 Å². The molecule has 0 spiro atoms. The van der Waals surface area contributed by atoms with E-state index in [9.17, 15) is 9.59 Å². The first-order chi connectivity index (χ1) is 10.1. The molecule has 1 saturated heterocycles. The number of rotatable bonds is 7. The highest BCUT2D eigenvalue weighted by atomic mass is 35.5. The number of hydrogen-bond donors (Lipinski definition) is 3. The fourth-order valence-electron chi connectivity index (χ4n) is 2.34. The maximum absolute atomic E-state index is 11.9. The van der Waals surface area contributed by atoms with E-state index in [1.807, 2.05) is 0 Å². The number of primary amides is 1. The third-order valence-electron chi connectivity index (χ3n) is 3.44. The zero-order chi connectivity index (χ0) is 15.1. The van der Waals surface area contributed by atoms with E-state index in [0.717, 1.165) is 25.9 Å². The molecular weight excluding hydrogens is 306 g/mol. The van der Waals surface area contributed by atoms with Gasteiger partial charge in [-0.25, -0.2) is 0 Å². The number of carbonyl (C=O) groups excluding carboxylic acids is 2. The fraction of sp³-hybridized carbons (Fsp3) is 0.467. The predicted octanol–water partition coefficient (Wildman–Crippen LogP) is 1.30. The Morgan fingerprint density at radius 3 is 2.91 bits per heavy atom. The molecule has 1 unspecified atom stereocenters. The van der Waals surface area contributed by atoms with Crippen molar-refractivity contribution < 1.29 is 14.3 Å². The molecule has 1 heterocycles. The van der Waals surface area contributed by atoms with Gasteiger partial charge >= 0.3 is 0 Å². The zero-order valence-electron chi connectivity index (χ0n) is 12.3.